The third-order valence-corrected chi connectivity index (χ3v) is 3.64. The monoisotopic (exact) mass is 299 g/mol. The van der Waals surface area contributed by atoms with Crippen molar-refractivity contribution in [2.75, 3.05) is 27.4 Å². The fourth-order valence-electron chi connectivity index (χ4n) is 2.49. The van der Waals surface area contributed by atoms with Gasteiger partial charge in [0.2, 0.25) is 12.5 Å². The van der Waals surface area contributed by atoms with Gasteiger partial charge in [0, 0.05) is 13.0 Å². The number of fused-ring (bicyclic) bond motifs is 1. The van der Waals surface area contributed by atoms with Gasteiger partial charge in [-0.3, -0.25) is 0 Å². The van der Waals surface area contributed by atoms with Gasteiger partial charge in [-0.05, 0) is 31.8 Å². The lowest BCUT2D eigenvalue weighted by Crippen LogP contribution is -2.18. The smallest absolute Gasteiger partial charge is 0.231 e. The summed E-state index contributed by atoms with van der Waals surface area (Å²) in [6, 6.07) is 16.0. The van der Waals surface area contributed by atoms with E-state index in [0.29, 0.717) is 5.75 Å². The molecule has 4 nitrogen and oxygen atoms in total. The Hall–Kier alpha value is -2.20. The van der Waals surface area contributed by atoms with Gasteiger partial charge in [-0.25, -0.2) is 0 Å². The minimum atomic E-state index is -0.0145. The summed E-state index contributed by atoms with van der Waals surface area (Å²) in [4.78, 5) is 2.16. The maximum atomic E-state index is 6.26. The second-order valence-corrected chi connectivity index (χ2v) is 5.60. The predicted octanol–water partition coefficient (Wildman–Crippen LogP) is 3.49. The van der Waals surface area contributed by atoms with E-state index in [2.05, 4.69) is 31.1 Å². The molecule has 2 aromatic carbocycles. The van der Waals surface area contributed by atoms with Crippen molar-refractivity contribution in [1.29, 1.82) is 0 Å². The van der Waals surface area contributed by atoms with Gasteiger partial charge >= 0.3 is 0 Å². The van der Waals surface area contributed by atoms with Gasteiger partial charge in [0.15, 0.2) is 11.5 Å². The van der Waals surface area contributed by atoms with Crippen molar-refractivity contribution in [3.05, 3.63) is 54.1 Å². The quantitative estimate of drug-likeness (QED) is 0.817. The van der Waals surface area contributed by atoms with E-state index in [1.807, 2.05) is 36.4 Å². The van der Waals surface area contributed by atoms with Crippen LogP contribution in [0.3, 0.4) is 0 Å². The second-order valence-electron chi connectivity index (χ2n) is 5.60. The molecule has 1 atom stereocenters. The fourth-order valence-corrected chi connectivity index (χ4v) is 2.49. The lowest BCUT2D eigenvalue weighted by molar-refractivity contribution is 0.153. The highest BCUT2D eigenvalue weighted by Crippen LogP contribution is 2.42. The van der Waals surface area contributed by atoms with Crippen LogP contribution >= 0.6 is 0 Å². The number of ether oxygens (including phenoxy) is 3. The Labute approximate surface area is 131 Å². The van der Waals surface area contributed by atoms with Crippen molar-refractivity contribution in [3.8, 4) is 17.2 Å². The molecular formula is C18H21NO3. The van der Waals surface area contributed by atoms with Crippen LogP contribution in [0.25, 0.3) is 0 Å². The van der Waals surface area contributed by atoms with Gasteiger partial charge in [0.1, 0.15) is 6.10 Å². The Morgan fingerprint density at radius 2 is 1.86 bits per heavy atom. The zero-order valence-corrected chi connectivity index (χ0v) is 13.0. The summed E-state index contributed by atoms with van der Waals surface area (Å²) >= 11 is 0. The molecular weight excluding hydrogens is 278 g/mol. The van der Waals surface area contributed by atoms with Crippen LogP contribution < -0.4 is 14.2 Å². The van der Waals surface area contributed by atoms with E-state index in [9.17, 15) is 0 Å². The summed E-state index contributed by atoms with van der Waals surface area (Å²) in [6.45, 7) is 1.20. The first-order valence-corrected chi connectivity index (χ1v) is 7.49. The molecule has 0 spiro atoms. The minimum absolute atomic E-state index is 0.0145. The van der Waals surface area contributed by atoms with E-state index in [0.717, 1.165) is 24.5 Å². The number of benzene rings is 2. The summed E-state index contributed by atoms with van der Waals surface area (Å²) in [5.74, 6) is 2.19. The van der Waals surface area contributed by atoms with E-state index >= 15 is 0 Å². The van der Waals surface area contributed by atoms with Crippen molar-refractivity contribution in [2.24, 2.45) is 0 Å². The number of nitrogens with zero attached hydrogens (tertiary/aromatic N) is 1. The molecule has 0 aliphatic carbocycles. The first kappa shape index (κ1) is 14.7. The summed E-state index contributed by atoms with van der Waals surface area (Å²) in [5, 5.41) is 0. The predicted molar refractivity (Wildman–Crippen MR) is 85.5 cm³/mol. The molecule has 0 radical (unpaired) electrons. The van der Waals surface area contributed by atoms with E-state index < -0.39 is 0 Å². The third kappa shape index (κ3) is 3.34. The molecule has 116 valence electrons. The van der Waals surface area contributed by atoms with Crippen molar-refractivity contribution in [1.82, 2.24) is 4.90 Å². The van der Waals surface area contributed by atoms with Crippen molar-refractivity contribution >= 4 is 0 Å². The van der Waals surface area contributed by atoms with Gasteiger partial charge in [-0.15, -0.1) is 0 Å². The summed E-state index contributed by atoms with van der Waals surface area (Å²) < 4.78 is 17.2. The number of rotatable bonds is 6. The molecule has 2 aromatic rings. The zero-order valence-electron chi connectivity index (χ0n) is 13.0. The zero-order chi connectivity index (χ0) is 15.4. The largest absolute Gasteiger partial charge is 0.482 e. The van der Waals surface area contributed by atoms with Crippen LogP contribution in [0.1, 0.15) is 18.1 Å². The van der Waals surface area contributed by atoms with Crippen LogP contribution in [0.5, 0.6) is 17.2 Å². The van der Waals surface area contributed by atoms with Gasteiger partial charge < -0.3 is 19.1 Å². The summed E-state index contributed by atoms with van der Waals surface area (Å²) in [7, 11) is 4.14. The molecule has 1 heterocycles. The molecule has 0 saturated carbocycles. The molecule has 3 rings (SSSR count). The Balaban J connectivity index is 1.82. The number of hydrogen-bond donors (Lipinski definition) is 0. The molecule has 0 fully saturated rings. The Morgan fingerprint density at radius 1 is 1.05 bits per heavy atom. The van der Waals surface area contributed by atoms with Gasteiger partial charge in [0.05, 0.1) is 0 Å². The summed E-state index contributed by atoms with van der Waals surface area (Å²) in [5.41, 5.74) is 1.17. The second kappa shape index (κ2) is 6.71. The van der Waals surface area contributed by atoms with Crippen LogP contribution in [0.4, 0.5) is 0 Å². The molecule has 1 aliphatic rings. The minimum Gasteiger partial charge on any atom is -0.482 e. The highest BCUT2D eigenvalue weighted by molar-refractivity contribution is 5.52. The molecule has 0 amide bonds. The molecule has 1 unspecified atom stereocenters. The maximum absolute atomic E-state index is 6.26. The van der Waals surface area contributed by atoms with Crippen LogP contribution in [-0.4, -0.2) is 32.3 Å². The molecule has 1 aliphatic heterocycles. The lowest BCUT2D eigenvalue weighted by atomic mass is 10.1. The van der Waals surface area contributed by atoms with E-state index in [4.69, 9.17) is 14.2 Å². The Morgan fingerprint density at radius 3 is 2.64 bits per heavy atom. The summed E-state index contributed by atoms with van der Waals surface area (Å²) in [6.07, 6.45) is 0.890. The van der Waals surface area contributed by atoms with E-state index in [-0.39, 0.29) is 12.9 Å². The van der Waals surface area contributed by atoms with Gasteiger partial charge in [-0.2, -0.15) is 0 Å². The normalized spacial score (nSPS) is 14.1. The highest BCUT2D eigenvalue weighted by atomic mass is 16.7. The van der Waals surface area contributed by atoms with Crippen LogP contribution in [-0.2, 0) is 0 Å². The molecule has 0 saturated heterocycles. The third-order valence-electron chi connectivity index (χ3n) is 3.64. The Kier molecular flexibility index (Phi) is 4.49. The molecule has 0 aromatic heterocycles. The molecule has 4 heteroatoms. The van der Waals surface area contributed by atoms with E-state index in [1.165, 1.54) is 5.56 Å². The lowest BCUT2D eigenvalue weighted by Gasteiger charge is -2.22. The van der Waals surface area contributed by atoms with Crippen LogP contribution in [0.15, 0.2) is 48.5 Å². The van der Waals surface area contributed by atoms with Gasteiger partial charge in [0.25, 0.3) is 0 Å². The van der Waals surface area contributed by atoms with Crippen LogP contribution in [0, 0.1) is 0 Å². The standard InChI is InChI=1S/C18H21NO3/c1-19(2)12-11-15(14-7-4-3-5-8-14)22-17-10-6-9-16-18(17)21-13-20-16/h3-10,15H,11-13H2,1-2H3. The highest BCUT2D eigenvalue weighted by Gasteiger charge is 2.22. The SMILES string of the molecule is CN(C)CCC(Oc1cccc2c1OCO2)c1ccccc1. The fraction of sp³-hybridized carbons (Fsp3) is 0.333. The van der Waals surface area contributed by atoms with Crippen molar-refractivity contribution < 1.29 is 14.2 Å². The first-order valence-electron chi connectivity index (χ1n) is 7.49. The molecule has 22 heavy (non-hydrogen) atoms. The topological polar surface area (TPSA) is 30.9 Å². The average Bonchev–Trinajstić information content (AvgIpc) is 3.01. The molecule has 0 N–H and O–H groups in total. The van der Waals surface area contributed by atoms with Crippen LogP contribution in [0.2, 0.25) is 0 Å². The molecule has 0 bridgehead atoms. The Bertz CT molecular complexity index is 613. The van der Waals surface area contributed by atoms with Crippen molar-refractivity contribution in [2.45, 2.75) is 12.5 Å². The van der Waals surface area contributed by atoms with E-state index in [1.54, 1.807) is 0 Å². The first-order chi connectivity index (χ1) is 10.7. The number of hydrogen-bond acceptors (Lipinski definition) is 4. The number of para-hydroxylation sites is 1. The van der Waals surface area contributed by atoms with Gasteiger partial charge in [-0.1, -0.05) is 36.4 Å². The average molecular weight is 299 g/mol. The van der Waals surface area contributed by atoms with Crippen molar-refractivity contribution in [3.63, 3.8) is 0 Å². The maximum Gasteiger partial charge on any atom is 0.231 e.